The number of ether oxygens (including phenoxy) is 1. The molecule has 0 radical (unpaired) electrons. The molecule has 1 atom stereocenters. The maximum absolute atomic E-state index is 10.5. The molecule has 72 valence electrons. The monoisotopic (exact) mass is 176 g/mol. The molecule has 4 heteroatoms. The molecule has 0 saturated carbocycles. The first kappa shape index (κ1) is 11.4. The first-order chi connectivity index (χ1) is 5.39. The summed E-state index contributed by atoms with van der Waals surface area (Å²) >= 11 is 0. The molecule has 0 spiro atoms. The zero-order valence-corrected chi connectivity index (χ0v) is 7.70. The van der Waals surface area contributed by atoms with Crippen LogP contribution < -0.4 is 0 Å². The Morgan fingerprint density at radius 1 is 1.58 bits per heavy atom. The summed E-state index contributed by atoms with van der Waals surface area (Å²) in [7, 11) is 0. The highest BCUT2D eigenvalue weighted by molar-refractivity contribution is 5.66. The minimum atomic E-state index is -1.71. The van der Waals surface area contributed by atoms with Gasteiger partial charge in [0.05, 0.1) is 0 Å². The van der Waals surface area contributed by atoms with Crippen molar-refractivity contribution in [3.05, 3.63) is 0 Å². The summed E-state index contributed by atoms with van der Waals surface area (Å²) in [5.41, 5.74) is 0. The summed E-state index contributed by atoms with van der Waals surface area (Å²) in [5, 5.41) is 18.2. The number of carbonyl (C=O) groups excluding carboxylic acids is 1. The molecule has 0 heterocycles. The van der Waals surface area contributed by atoms with Crippen LogP contribution in [0.3, 0.4) is 0 Å². The number of hydrogen-bond donors (Lipinski definition) is 2. The molecule has 0 amide bonds. The van der Waals surface area contributed by atoms with E-state index in [2.05, 4.69) is 4.74 Å². The molecule has 0 aromatic rings. The lowest BCUT2D eigenvalue weighted by Gasteiger charge is -2.26. The first-order valence-electron chi connectivity index (χ1n) is 3.92. The van der Waals surface area contributed by atoms with Crippen molar-refractivity contribution < 1.29 is 19.7 Å². The predicted octanol–water partition coefficient (Wildman–Crippen LogP) is 0.276. The van der Waals surface area contributed by atoms with Gasteiger partial charge in [0.2, 0.25) is 5.79 Å². The Bertz CT molecular complexity index is 155. The van der Waals surface area contributed by atoms with Crippen molar-refractivity contribution in [2.45, 2.75) is 33.0 Å². The van der Waals surface area contributed by atoms with E-state index in [1.54, 1.807) is 0 Å². The second kappa shape index (κ2) is 4.42. The molecule has 0 rings (SSSR count). The van der Waals surface area contributed by atoms with Gasteiger partial charge < -0.3 is 14.9 Å². The average Bonchev–Trinajstić information content (AvgIpc) is 1.83. The zero-order valence-electron chi connectivity index (χ0n) is 7.70. The topological polar surface area (TPSA) is 66.8 Å². The third-order valence-corrected chi connectivity index (χ3v) is 1.31. The Hall–Kier alpha value is -0.610. The van der Waals surface area contributed by atoms with Gasteiger partial charge in [-0.3, -0.25) is 4.79 Å². The van der Waals surface area contributed by atoms with Crippen LogP contribution in [-0.4, -0.2) is 28.6 Å². The van der Waals surface area contributed by atoms with E-state index >= 15 is 0 Å². The summed E-state index contributed by atoms with van der Waals surface area (Å²) in [4.78, 5) is 10.5. The van der Waals surface area contributed by atoms with Crippen LogP contribution in [0.5, 0.6) is 0 Å². The van der Waals surface area contributed by atoms with Crippen LogP contribution in [0.15, 0.2) is 0 Å². The van der Waals surface area contributed by atoms with Crippen LogP contribution >= 0.6 is 0 Å². The normalized spacial score (nSPS) is 15.8. The fraction of sp³-hybridized carbons (Fsp3) is 0.875. The summed E-state index contributed by atoms with van der Waals surface area (Å²) in [6, 6.07) is 0. The number of aliphatic hydroxyl groups is 2. The summed E-state index contributed by atoms with van der Waals surface area (Å²) in [6.07, 6.45) is 0.239. The Labute approximate surface area is 72.2 Å². The fourth-order valence-electron chi connectivity index (χ4n) is 1.04. The van der Waals surface area contributed by atoms with E-state index in [-0.39, 0.29) is 12.3 Å². The lowest BCUT2D eigenvalue weighted by Crippen LogP contribution is -2.39. The van der Waals surface area contributed by atoms with Gasteiger partial charge in [-0.25, -0.2) is 0 Å². The van der Waals surface area contributed by atoms with Crippen LogP contribution in [-0.2, 0) is 9.53 Å². The van der Waals surface area contributed by atoms with Crippen molar-refractivity contribution in [1.82, 2.24) is 0 Å². The molecule has 0 aliphatic rings. The van der Waals surface area contributed by atoms with Gasteiger partial charge in [0.1, 0.15) is 6.61 Å². The summed E-state index contributed by atoms with van der Waals surface area (Å²) in [5.74, 6) is -2.14. The number of rotatable bonds is 4. The molecular formula is C8H16O4. The second-order valence-corrected chi connectivity index (χ2v) is 3.30. The summed E-state index contributed by atoms with van der Waals surface area (Å²) in [6.45, 7) is 4.36. The Morgan fingerprint density at radius 2 is 2.08 bits per heavy atom. The SMILES string of the molecule is CC(=O)OC(O)(CO)CC(C)C. The minimum Gasteiger partial charge on any atom is -0.431 e. The Morgan fingerprint density at radius 3 is 2.33 bits per heavy atom. The van der Waals surface area contributed by atoms with Gasteiger partial charge in [0, 0.05) is 13.3 Å². The van der Waals surface area contributed by atoms with Crippen molar-refractivity contribution in [2.75, 3.05) is 6.61 Å². The number of carbonyl (C=O) groups is 1. The molecular weight excluding hydrogens is 160 g/mol. The van der Waals surface area contributed by atoms with E-state index in [4.69, 9.17) is 5.11 Å². The van der Waals surface area contributed by atoms with Gasteiger partial charge in [-0.2, -0.15) is 0 Å². The van der Waals surface area contributed by atoms with Crippen LogP contribution in [0.2, 0.25) is 0 Å². The number of esters is 1. The number of hydrogen-bond acceptors (Lipinski definition) is 4. The van der Waals surface area contributed by atoms with E-state index in [0.717, 1.165) is 0 Å². The van der Waals surface area contributed by atoms with Gasteiger partial charge in [0.25, 0.3) is 0 Å². The van der Waals surface area contributed by atoms with Crippen LogP contribution in [0.4, 0.5) is 0 Å². The van der Waals surface area contributed by atoms with Gasteiger partial charge in [-0.1, -0.05) is 13.8 Å². The first-order valence-corrected chi connectivity index (χ1v) is 3.92. The fourth-order valence-corrected chi connectivity index (χ4v) is 1.04. The smallest absolute Gasteiger partial charge is 0.305 e. The molecule has 0 aliphatic carbocycles. The van der Waals surface area contributed by atoms with Crippen LogP contribution in [0, 0.1) is 5.92 Å². The molecule has 2 N–H and O–H groups in total. The Balaban J connectivity index is 4.13. The highest BCUT2D eigenvalue weighted by Crippen LogP contribution is 2.17. The molecule has 0 saturated heterocycles. The second-order valence-electron chi connectivity index (χ2n) is 3.30. The van der Waals surface area contributed by atoms with Crippen molar-refractivity contribution in [3.63, 3.8) is 0 Å². The molecule has 4 nitrogen and oxygen atoms in total. The van der Waals surface area contributed by atoms with E-state index in [0.29, 0.717) is 0 Å². The zero-order chi connectivity index (χ0) is 9.78. The molecule has 0 fully saturated rings. The van der Waals surface area contributed by atoms with E-state index < -0.39 is 18.4 Å². The predicted molar refractivity (Wildman–Crippen MR) is 43.3 cm³/mol. The van der Waals surface area contributed by atoms with Gasteiger partial charge in [-0.05, 0) is 5.92 Å². The largest absolute Gasteiger partial charge is 0.431 e. The van der Waals surface area contributed by atoms with E-state index in [1.807, 2.05) is 13.8 Å². The molecule has 0 aromatic carbocycles. The van der Waals surface area contributed by atoms with Crippen LogP contribution in [0.25, 0.3) is 0 Å². The highest BCUT2D eigenvalue weighted by atomic mass is 16.7. The highest BCUT2D eigenvalue weighted by Gasteiger charge is 2.30. The van der Waals surface area contributed by atoms with Crippen molar-refractivity contribution in [2.24, 2.45) is 5.92 Å². The van der Waals surface area contributed by atoms with Crippen molar-refractivity contribution >= 4 is 5.97 Å². The minimum absolute atomic E-state index is 0.154. The maximum Gasteiger partial charge on any atom is 0.305 e. The van der Waals surface area contributed by atoms with Crippen molar-refractivity contribution in [1.29, 1.82) is 0 Å². The van der Waals surface area contributed by atoms with Crippen molar-refractivity contribution in [3.8, 4) is 0 Å². The number of aliphatic hydroxyl groups excluding tert-OH is 1. The summed E-state index contributed by atoms with van der Waals surface area (Å²) < 4.78 is 4.56. The van der Waals surface area contributed by atoms with Gasteiger partial charge in [-0.15, -0.1) is 0 Å². The third kappa shape index (κ3) is 4.31. The molecule has 0 bridgehead atoms. The third-order valence-electron chi connectivity index (χ3n) is 1.31. The lowest BCUT2D eigenvalue weighted by atomic mass is 10.0. The molecule has 0 aliphatic heterocycles. The molecule has 12 heavy (non-hydrogen) atoms. The quantitative estimate of drug-likeness (QED) is 0.477. The maximum atomic E-state index is 10.5. The van der Waals surface area contributed by atoms with Crippen LogP contribution in [0.1, 0.15) is 27.2 Å². The molecule has 0 aromatic heterocycles. The molecule has 1 unspecified atom stereocenters. The lowest BCUT2D eigenvalue weighted by molar-refractivity contribution is -0.227. The van der Waals surface area contributed by atoms with E-state index in [9.17, 15) is 9.90 Å². The standard InChI is InChI=1S/C8H16O4/c1-6(2)4-8(11,5-9)12-7(3)10/h6,9,11H,4-5H2,1-3H3. The Kier molecular flexibility index (Phi) is 4.20. The van der Waals surface area contributed by atoms with E-state index in [1.165, 1.54) is 6.92 Å². The van der Waals surface area contributed by atoms with Gasteiger partial charge >= 0.3 is 5.97 Å². The van der Waals surface area contributed by atoms with Gasteiger partial charge in [0.15, 0.2) is 0 Å². The average molecular weight is 176 g/mol.